The van der Waals surface area contributed by atoms with Crippen LogP contribution >= 0.6 is 0 Å². The summed E-state index contributed by atoms with van der Waals surface area (Å²) in [6.07, 6.45) is 0. The Morgan fingerprint density at radius 3 is 2.45 bits per heavy atom. The second-order valence-corrected chi connectivity index (χ2v) is 6.98. The molecule has 0 bridgehead atoms. The molecule has 1 fully saturated rings. The van der Waals surface area contributed by atoms with Gasteiger partial charge in [0, 0.05) is 38.8 Å². The van der Waals surface area contributed by atoms with Gasteiger partial charge in [0.25, 0.3) is 5.69 Å². The van der Waals surface area contributed by atoms with Crippen molar-refractivity contribution in [2.24, 2.45) is 0 Å². The minimum atomic E-state index is -0.490. The standard InChI is InChI=1S/C21H26N4O4/c1-17(21(26)22-19-9-5-6-10-20(19)25(27)28)24-13-11-23(12-14-24)15-16-29-18-7-3-2-4-8-18/h2-10,17H,11-16H2,1H3,(H,22,26)/t17-/m0/s1. The number of hydrogen-bond donors (Lipinski definition) is 1. The molecule has 1 aliphatic rings. The molecule has 154 valence electrons. The molecule has 1 aliphatic heterocycles. The van der Waals surface area contributed by atoms with E-state index in [9.17, 15) is 14.9 Å². The molecule has 0 saturated carbocycles. The molecule has 1 saturated heterocycles. The van der Waals surface area contributed by atoms with Gasteiger partial charge in [0.2, 0.25) is 5.91 Å². The van der Waals surface area contributed by atoms with Crippen molar-refractivity contribution in [2.45, 2.75) is 13.0 Å². The SMILES string of the molecule is C[C@@H](C(=O)Nc1ccccc1[N+](=O)[O-])N1CCN(CCOc2ccccc2)CC1. The van der Waals surface area contributed by atoms with Crippen LogP contribution in [-0.2, 0) is 4.79 Å². The molecular formula is C21H26N4O4. The average molecular weight is 398 g/mol. The maximum Gasteiger partial charge on any atom is 0.292 e. The van der Waals surface area contributed by atoms with Crippen molar-refractivity contribution in [3.05, 3.63) is 64.7 Å². The van der Waals surface area contributed by atoms with Gasteiger partial charge in [-0.3, -0.25) is 24.7 Å². The zero-order valence-corrected chi connectivity index (χ0v) is 16.5. The van der Waals surface area contributed by atoms with E-state index in [4.69, 9.17) is 4.74 Å². The summed E-state index contributed by atoms with van der Waals surface area (Å²) in [5.74, 6) is 0.631. The second kappa shape index (κ2) is 9.99. The Bertz CT molecular complexity index is 822. The number of nitrogens with zero attached hydrogens (tertiary/aromatic N) is 3. The summed E-state index contributed by atoms with van der Waals surface area (Å²) in [5.41, 5.74) is 0.127. The number of para-hydroxylation sites is 3. The van der Waals surface area contributed by atoms with Gasteiger partial charge in [-0.1, -0.05) is 30.3 Å². The maximum absolute atomic E-state index is 12.6. The minimum absolute atomic E-state index is 0.101. The maximum atomic E-state index is 12.6. The van der Waals surface area contributed by atoms with E-state index >= 15 is 0 Å². The Kier molecular flexibility index (Phi) is 7.15. The predicted octanol–water partition coefficient (Wildman–Crippen LogP) is 2.62. The molecule has 1 atom stereocenters. The lowest BCUT2D eigenvalue weighted by Gasteiger charge is -2.37. The largest absolute Gasteiger partial charge is 0.492 e. The highest BCUT2D eigenvalue weighted by Crippen LogP contribution is 2.23. The second-order valence-electron chi connectivity index (χ2n) is 6.98. The third-order valence-corrected chi connectivity index (χ3v) is 5.11. The van der Waals surface area contributed by atoms with Crippen LogP contribution < -0.4 is 10.1 Å². The Hall–Kier alpha value is -2.97. The number of hydrogen-bond acceptors (Lipinski definition) is 6. The molecule has 8 heteroatoms. The Morgan fingerprint density at radius 1 is 1.10 bits per heavy atom. The number of carbonyl (C=O) groups is 1. The first kappa shape index (κ1) is 20.8. The van der Waals surface area contributed by atoms with Gasteiger partial charge in [-0.25, -0.2) is 0 Å². The molecule has 1 heterocycles. The van der Waals surface area contributed by atoms with Gasteiger partial charge >= 0.3 is 0 Å². The molecule has 0 unspecified atom stereocenters. The smallest absolute Gasteiger partial charge is 0.292 e. The Balaban J connectivity index is 1.44. The molecule has 0 aromatic heterocycles. The Morgan fingerprint density at radius 2 is 1.76 bits per heavy atom. The highest BCUT2D eigenvalue weighted by molar-refractivity contribution is 5.96. The van der Waals surface area contributed by atoms with Crippen molar-refractivity contribution in [1.29, 1.82) is 0 Å². The van der Waals surface area contributed by atoms with Crippen LogP contribution in [0.3, 0.4) is 0 Å². The summed E-state index contributed by atoms with van der Waals surface area (Å²) in [4.78, 5) is 27.6. The van der Waals surface area contributed by atoms with Crippen molar-refractivity contribution in [3.63, 3.8) is 0 Å². The van der Waals surface area contributed by atoms with Gasteiger partial charge in [-0.15, -0.1) is 0 Å². The van der Waals surface area contributed by atoms with Gasteiger partial charge in [-0.2, -0.15) is 0 Å². The quantitative estimate of drug-likeness (QED) is 0.543. The number of benzene rings is 2. The van der Waals surface area contributed by atoms with Crippen molar-refractivity contribution >= 4 is 17.3 Å². The molecule has 2 aromatic carbocycles. The zero-order chi connectivity index (χ0) is 20.6. The van der Waals surface area contributed by atoms with Gasteiger partial charge < -0.3 is 10.1 Å². The molecule has 3 rings (SSSR count). The van der Waals surface area contributed by atoms with E-state index in [-0.39, 0.29) is 23.3 Å². The lowest BCUT2D eigenvalue weighted by molar-refractivity contribution is -0.383. The van der Waals surface area contributed by atoms with Crippen molar-refractivity contribution in [1.82, 2.24) is 9.80 Å². The Labute approximate surface area is 170 Å². The molecule has 0 spiro atoms. The highest BCUT2D eigenvalue weighted by atomic mass is 16.6. The molecule has 2 aromatic rings. The lowest BCUT2D eigenvalue weighted by Crippen LogP contribution is -2.53. The monoisotopic (exact) mass is 398 g/mol. The van der Waals surface area contributed by atoms with E-state index < -0.39 is 4.92 Å². The predicted molar refractivity (Wildman–Crippen MR) is 111 cm³/mol. The van der Waals surface area contributed by atoms with Crippen LogP contribution in [0.1, 0.15) is 6.92 Å². The average Bonchev–Trinajstić information content (AvgIpc) is 2.74. The fourth-order valence-electron chi connectivity index (χ4n) is 3.33. The fourth-order valence-corrected chi connectivity index (χ4v) is 3.33. The molecule has 8 nitrogen and oxygen atoms in total. The van der Waals surface area contributed by atoms with E-state index in [0.29, 0.717) is 6.61 Å². The third-order valence-electron chi connectivity index (χ3n) is 5.11. The number of ether oxygens (including phenoxy) is 1. The van der Waals surface area contributed by atoms with Crippen molar-refractivity contribution < 1.29 is 14.5 Å². The first-order valence-electron chi connectivity index (χ1n) is 9.73. The molecular weight excluding hydrogens is 372 g/mol. The van der Waals surface area contributed by atoms with Crippen LogP contribution in [0.25, 0.3) is 0 Å². The van der Waals surface area contributed by atoms with Gasteiger partial charge in [0.05, 0.1) is 11.0 Å². The number of rotatable bonds is 8. The topological polar surface area (TPSA) is 87.9 Å². The van der Waals surface area contributed by atoms with E-state index in [1.54, 1.807) is 18.2 Å². The molecule has 29 heavy (non-hydrogen) atoms. The van der Waals surface area contributed by atoms with Gasteiger partial charge in [-0.05, 0) is 25.1 Å². The summed E-state index contributed by atoms with van der Waals surface area (Å²) in [6, 6.07) is 15.6. The van der Waals surface area contributed by atoms with E-state index in [0.717, 1.165) is 38.5 Å². The van der Waals surface area contributed by atoms with Gasteiger partial charge in [0.1, 0.15) is 18.0 Å². The van der Waals surface area contributed by atoms with E-state index in [1.165, 1.54) is 6.07 Å². The zero-order valence-electron chi connectivity index (χ0n) is 16.5. The number of amides is 1. The first-order chi connectivity index (χ1) is 14.0. The summed E-state index contributed by atoms with van der Waals surface area (Å²) >= 11 is 0. The van der Waals surface area contributed by atoms with Gasteiger partial charge in [0.15, 0.2) is 0 Å². The fraction of sp³-hybridized carbons (Fsp3) is 0.381. The minimum Gasteiger partial charge on any atom is -0.492 e. The number of piperazine rings is 1. The van der Waals surface area contributed by atoms with E-state index in [1.807, 2.05) is 37.3 Å². The van der Waals surface area contributed by atoms with E-state index in [2.05, 4.69) is 15.1 Å². The normalized spacial score (nSPS) is 16.2. The van der Waals surface area contributed by atoms with Crippen molar-refractivity contribution in [2.75, 3.05) is 44.6 Å². The first-order valence-corrected chi connectivity index (χ1v) is 9.73. The summed E-state index contributed by atoms with van der Waals surface area (Å²) in [5, 5.41) is 13.8. The molecule has 0 radical (unpaired) electrons. The van der Waals surface area contributed by atoms with Crippen molar-refractivity contribution in [3.8, 4) is 5.75 Å². The summed E-state index contributed by atoms with van der Waals surface area (Å²) < 4.78 is 5.74. The molecule has 1 amide bonds. The van der Waals surface area contributed by atoms with Crippen LogP contribution in [0.15, 0.2) is 54.6 Å². The number of nitrogens with one attached hydrogen (secondary N) is 1. The summed E-state index contributed by atoms with van der Waals surface area (Å²) in [6.45, 7) is 6.51. The highest BCUT2D eigenvalue weighted by Gasteiger charge is 2.26. The number of nitro groups is 1. The van der Waals surface area contributed by atoms with Crippen LogP contribution in [0.2, 0.25) is 0 Å². The number of anilines is 1. The third kappa shape index (κ3) is 5.75. The number of nitro benzene ring substituents is 1. The van der Waals surface area contributed by atoms with Crippen LogP contribution in [-0.4, -0.2) is 66.0 Å². The molecule has 0 aliphatic carbocycles. The van der Waals surface area contributed by atoms with Crippen LogP contribution in [0.5, 0.6) is 5.75 Å². The molecule has 1 N–H and O–H groups in total. The lowest BCUT2D eigenvalue weighted by atomic mass is 10.2. The summed E-state index contributed by atoms with van der Waals surface area (Å²) in [7, 11) is 0. The number of carbonyl (C=O) groups excluding carboxylic acids is 1. The van der Waals surface area contributed by atoms with Crippen LogP contribution in [0.4, 0.5) is 11.4 Å². The van der Waals surface area contributed by atoms with Crippen LogP contribution in [0, 0.1) is 10.1 Å².